The molecule has 0 N–H and O–H groups in total. The first-order chi connectivity index (χ1) is 9.12. The number of carbonyl (C=O) groups is 2. The average Bonchev–Trinajstić information content (AvgIpc) is 2.39. The predicted molar refractivity (Wildman–Crippen MR) is 63.6 cm³/mol. The van der Waals surface area contributed by atoms with E-state index in [2.05, 4.69) is 4.74 Å². The van der Waals surface area contributed by atoms with Crippen molar-refractivity contribution in [3.63, 3.8) is 0 Å². The Morgan fingerprint density at radius 2 is 1.79 bits per heavy atom. The van der Waals surface area contributed by atoms with Gasteiger partial charge < -0.3 is 23.7 Å². The minimum Gasteiger partial charge on any atom is -0.438 e. The summed E-state index contributed by atoms with van der Waals surface area (Å²) in [5.74, 6) is -1.35. The SMILES string of the molecule is CCCCOC(=O)OC1(OC(=O)OC)CCOCC1. The van der Waals surface area contributed by atoms with Gasteiger partial charge in [0.05, 0.1) is 26.9 Å². The molecule has 1 aliphatic heterocycles. The van der Waals surface area contributed by atoms with E-state index in [0.29, 0.717) is 13.2 Å². The van der Waals surface area contributed by atoms with Gasteiger partial charge in [-0.25, -0.2) is 9.59 Å². The lowest BCUT2D eigenvalue weighted by molar-refractivity contribution is -0.223. The number of unbranched alkanes of at least 4 members (excludes halogenated alkanes) is 1. The van der Waals surface area contributed by atoms with Crippen LogP contribution in [0.25, 0.3) is 0 Å². The van der Waals surface area contributed by atoms with E-state index in [1.54, 1.807) is 0 Å². The molecule has 110 valence electrons. The number of hydrogen-bond acceptors (Lipinski definition) is 7. The smallest absolute Gasteiger partial charge is 0.438 e. The summed E-state index contributed by atoms with van der Waals surface area (Å²) in [4.78, 5) is 22.8. The Bertz CT molecular complexity index is 296. The van der Waals surface area contributed by atoms with Gasteiger partial charge in [-0.1, -0.05) is 13.3 Å². The molecule has 0 atom stereocenters. The number of hydrogen-bond donors (Lipinski definition) is 0. The third-order valence-electron chi connectivity index (χ3n) is 2.68. The molecule has 0 saturated carbocycles. The van der Waals surface area contributed by atoms with Crippen molar-refractivity contribution in [2.75, 3.05) is 26.9 Å². The van der Waals surface area contributed by atoms with Gasteiger partial charge in [0.2, 0.25) is 0 Å². The minimum absolute atomic E-state index is 0.255. The molecule has 1 heterocycles. The third kappa shape index (κ3) is 5.34. The van der Waals surface area contributed by atoms with Gasteiger partial charge in [0.15, 0.2) is 0 Å². The summed E-state index contributed by atoms with van der Waals surface area (Å²) < 4.78 is 24.6. The monoisotopic (exact) mass is 276 g/mol. The Morgan fingerprint density at radius 3 is 2.37 bits per heavy atom. The van der Waals surface area contributed by atoms with E-state index in [4.69, 9.17) is 18.9 Å². The van der Waals surface area contributed by atoms with Crippen LogP contribution in [0.3, 0.4) is 0 Å². The lowest BCUT2D eigenvalue weighted by Gasteiger charge is -2.34. The summed E-state index contributed by atoms with van der Waals surface area (Å²) in [6.45, 7) is 2.92. The highest BCUT2D eigenvalue weighted by Crippen LogP contribution is 2.27. The summed E-state index contributed by atoms with van der Waals surface area (Å²) in [6, 6.07) is 0. The van der Waals surface area contributed by atoms with Crippen molar-refractivity contribution < 1.29 is 33.3 Å². The van der Waals surface area contributed by atoms with Gasteiger partial charge in [-0.15, -0.1) is 0 Å². The van der Waals surface area contributed by atoms with E-state index >= 15 is 0 Å². The molecule has 1 fully saturated rings. The Labute approximate surface area is 112 Å². The highest BCUT2D eigenvalue weighted by atomic mass is 16.8. The molecule has 0 bridgehead atoms. The van der Waals surface area contributed by atoms with E-state index in [-0.39, 0.29) is 19.4 Å². The second-order valence-electron chi connectivity index (χ2n) is 4.13. The van der Waals surface area contributed by atoms with Crippen LogP contribution in [0.2, 0.25) is 0 Å². The molecule has 0 radical (unpaired) electrons. The van der Waals surface area contributed by atoms with Crippen molar-refractivity contribution in [2.24, 2.45) is 0 Å². The van der Waals surface area contributed by atoms with E-state index in [0.717, 1.165) is 12.8 Å². The molecule has 0 unspecified atom stereocenters. The van der Waals surface area contributed by atoms with E-state index < -0.39 is 18.1 Å². The maximum atomic E-state index is 11.5. The number of methoxy groups -OCH3 is 1. The fourth-order valence-corrected chi connectivity index (χ4v) is 1.58. The van der Waals surface area contributed by atoms with Crippen LogP contribution in [0.4, 0.5) is 9.59 Å². The maximum absolute atomic E-state index is 11.5. The van der Waals surface area contributed by atoms with Gasteiger partial charge in [-0.05, 0) is 6.42 Å². The van der Waals surface area contributed by atoms with Gasteiger partial charge in [0, 0.05) is 12.8 Å². The fourth-order valence-electron chi connectivity index (χ4n) is 1.58. The van der Waals surface area contributed by atoms with Crippen molar-refractivity contribution in [3.05, 3.63) is 0 Å². The first-order valence-electron chi connectivity index (χ1n) is 6.32. The highest BCUT2D eigenvalue weighted by molar-refractivity contribution is 5.62. The van der Waals surface area contributed by atoms with Crippen LogP contribution in [0, 0.1) is 0 Å². The number of ether oxygens (including phenoxy) is 5. The van der Waals surface area contributed by atoms with Crippen molar-refractivity contribution in [3.8, 4) is 0 Å². The zero-order valence-electron chi connectivity index (χ0n) is 11.3. The van der Waals surface area contributed by atoms with Crippen LogP contribution in [-0.2, 0) is 23.7 Å². The molecule has 0 aromatic carbocycles. The summed E-state index contributed by atoms with van der Waals surface area (Å²) in [5, 5.41) is 0. The van der Waals surface area contributed by atoms with Crippen LogP contribution in [-0.4, -0.2) is 45.0 Å². The zero-order valence-corrected chi connectivity index (χ0v) is 11.3. The molecule has 0 aliphatic carbocycles. The highest BCUT2D eigenvalue weighted by Gasteiger charge is 2.41. The summed E-state index contributed by atoms with van der Waals surface area (Å²) in [7, 11) is 1.19. The van der Waals surface area contributed by atoms with Crippen molar-refractivity contribution in [1.82, 2.24) is 0 Å². The van der Waals surface area contributed by atoms with Gasteiger partial charge >= 0.3 is 12.3 Å². The van der Waals surface area contributed by atoms with Gasteiger partial charge in [-0.2, -0.15) is 0 Å². The van der Waals surface area contributed by atoms with Gasteiger partial charge in [0.1, 0.15) is 0 Å². The second kappa shape index (κ2) is 7.83. The molecule has 0 aromatic heterocycles. The molecule has 7 heteroatoms. The molecular formula is C12H20O7. The average molecular weight is 276 g/mol. The predicted octanol–water partition coefficient (Wildman–Crippen LogP) is 2.23. The first kappa shape index (κ1) is 15.6. The summed E-state index contributed by atoms with van der Waals surface area (Å²) in [6.07, 6.45) is 0.423. The lowest BCUT2D eigenvalue weighted by atomic mass is 10.1. The maximum Gasteiger partial charge on any atom is 0.511 e. The van der Waals surface area contributed by atoms with Gasteiger partial charge in [-0.3, -0.25) is 0 Å². The molecule has 1 rings (SSSR count). The summed E-state index contributed by atoms with van der Waals surface area (Å²) in [5.41, 5.74) is 0. The number of carbonyl (C=O) groups excluding carboxylic acids is 2. The molecule has 1 aliphatic rings. The van der Waals surface area contributed by atoms with Crippen LogP contribution >= 0.6 is 0 Å². The minimum atomic E-state index is -1.35. The molecule has 0 amide bonds. The Kier molecular flexibility index (Phi) is 6.41. The molecule has 0 aromatic rings. The molecule has 19 heavy (non-hydrogen) atoms. The van der Waals surface area contributed by atoms with E-state index in [9.17, 15) is 9.59 Å². The normalized spacial score (nSPS) is 17.4. The van der Waals surface area contributed by atoms with Crippen LogP contribution in [0.1, 0.15) is 32.6 Å². The van der Waals surface area contributed by atoms with Crippen molar-refractivity contribution in [1.29, 1.82) is 0 Å². The lowest BCUT2D eigenvalue weighted by Crippen LogP contribution is -2.45. The quantitative estimate of drug-likeness (QED) is 0.432. The second-order valence-corrected chi connectivity index (χ2v) is 4.13. The Morgan fingerprint density at radius 1 is 1.16 bits per heavy atom. The Hall–Kier alpha value is -1.50. The number of rotatable bonds is 5. The van der Waals surface area contributed by atoms with E-state index in [1.165, 1.54) is 7.11 Å². The standard InChI is InChI=1S/C12H20O7/c1-3-4-7-17-11(14)19-12(18-10(13)15-2)5-8-16-9-6-12/h3-9H2,1-2H3. The van der Waals surface area contributed by atoms with Crippen molar-refractivity contribution >= 4 is 12.3 Å². The molecule has 0 spiro atoms. The van der Waals surface area contributed by atoms with Crippen molar-refractivity contribution in [2.45, 2.75) is 38.4 Å². The molecule has 1 saturated heterocycles. The molecular weight excluding hydrogens is 256 g/mol. The van der Waals surface area contributed by atoms with E-state index in [1.807, 2.05) is 6.92 Å². The van der Waals surface area contributed by atoms with Crippen LogP contribution in [0.15, 0.2) is 0 Å². The zero-order chi connectivity index (χ0) is 14.1. The topological polar surface area (TPSA) is 80.3 Å². The third-order valence-corrected chi connectivity index (χ3v) is 2.68. The van der Waals surface area contributed by atoms with Crippen LogP contribution < -0.4 is 0 Å². The van der Waals surface area contributed by atoms with Crippen LogP contribution in [0.5, 0.6) is 0 Å². The fraction of sp³-hybridized carbons (Fsp3) is 0.833. The first-order valence-corrected chi connectivity index (χ1v) is 6.32. The Balaban J connectivity index is 2.53. The van der Waals surface area contributed by atoms with Gasteiger partial charge in [0.25, 0.3) is 5.79 Å². The largest absolute Gasteiger partial charge is 0.511 e. The molecule has 7 nitrogen and oxygen atoms in total. The summed E-state index contributed by atoms with van der Waals surface area (Å²) >= 11 is 0.